The second kappa shape index (κ2) is 7.25. The Morgan fingerprint density at radius 3 is 2.57 bits per heavy atom. The van der Waals surface area contributed by atoms with Gasteiger partial charge in [-0.3, -0.25) is 14.2 Å². The first-order valence-electron chi connectivity index (χ1n) is 9.17. The molecular formula is C19H21N5O6. The lowest BCUT2D eigenvalue weighted by molar-refractivity contribution is -0.141. The lowest BCUT2D eigenvalue weighted by Gasteiger charge is -2.19. The van der Waals surface area contributed by atoms with E-state index < -0.39 is 23.8 Å². The van der Waals surface area contributed by atoms with Crippen LogP contribution >= 0.6 is 0 Å². The largest absolute Gasteiger partial charge is 0.497 e. The fourth-order valence-corrected chi connectivity index (χ4v) is 3.65. The number of carbonyl (C=O) groups is 1. The van der Waals surface area contributed by atoms with Crippen molar-refractivity contribution in [3.05, 3.63) is 39.0 Å². The Bertz CT molecular complexity index is 1270. The zero-order chi connectivity index (χ0) is 21.6. The maximum atomic E-state index is 13.0. The predicted octanol–water partition coefficient (Wildman–Crippen LogP) is 0.239. The minimum atomic E-state index is -0.681. The van der Waals surface area contributed by atoms with Gasteiger partial charge in [0, 0.05) is 26.2 Å². The first kappa shape index (κ1) is 19.6. The number of aromatic nitrogens is 4. The lowest BCUT2D eigenvalue weighted by Crippen LogP contribution is -2.41. The van der Waals surface area contributed by atoms with E-state index in [1.165, 1.54) is 18.7 Å². The number of nitrogens with zero attached hydrogens (tertiary/aromatic N) is 5. The molecule has 30 heavy (non-hydrogen) atoms. The molecule has 11 nitrogen and oxygen atoms in total. The minimum absolute atomic E-state index is 0.248. The SMILES string of the molecule is COC(=O)Cn1c(=O)c2c(nc3n2CCN3c2ccc(OC)cc2OC)n(C)c1=O. The van der Waals surface area contributed by atoms with Crippen molar-refractivity contribution in [1.29, 1.82) is 0 Å². The van der Waals surface area contributed by atoms with Gasteiger partial charge >= 0.3 is 11.7 Å². The van der Waals surface area contributed by atoms with Gasteiger partial charge in [-0.2, -0.15) is 4.98 Å². The van der Waals surface area contributed by atoms with E-state index in [-0.39, 0.29) is 11.2 Å². The van der Waals surface area contributed by atoms with Crippen LogP contribution in [0.25, 0.3) is 11.2 Å². The lowest BCUT2D eigenvalue weighted by atomic mass is 10.2. The molecule has 11 heteroatoms. The van der Waals surface area contributed by atoms with Crippen LogP contribution in [0.5, 0.6) is 11.5 Å². The summed E-state index contributed by atoms with van der Waals surface area (Å²) < 4.78 is 19.2. The normalized spacial score (nSPS) is 12.9. The zero-order valence-corrected chi connectivity index (χ0v) is 17.0. The standard InChI is InChI=1S/C19H21N5O6/c1-21-16-15(17(26)24(19(21)27)10-14(25)30-4)23-8-7-22(18(23)20-16)12-6-5-11(28-2)9-13(12)29-3/h5-6,9H,7-8,10H2,1-4H3. The summed E-state index contributed by atoms with van der Waals surface area (Å²) in [7, 11) is 5.85. The summed E-state index contributed by atoms with van der Waals surface area (Å²) in [5.74, 6) is 1.07. The van der Waals surface area contributed by atoms with E-state index in [1.54, 1.807) is 24.9 Å². The third-order valence-electron chi connectivity index (χ3n) is 5.19. The van der Waals surface area contributed by atoms with Crippen LogP contribution in [-0.2, 0) is 29.7 Å². The molecule has 0 N–H and O–H groups in total. The first-order valence-corrected chi connectivity index (χ1v) is 9.17. The summed E-state index contributed by atoms with van der Waals surface area (Å²) in [6.45, 7) is 0.571. The molecule has 1 aromatic carbocycles. The average molecular weight is 415 g/mol. The van der Waals surface area contributed by atoms with Gasteiger partial charge in [0.25, 0.3) is 5.56 Å². The third-order valence-corrected chi connectivity index (χ3v) is 5.19. The molecule has 0 fully saturated rings. The average Bonchev–Trinajstić information content (AvgIpc) is 3.34. The number of rotatable bonds is 5. The number of esters is 1. The molecule has 1 aliphatic heterocycles. The van der Waals surface area contributed by atoms with Crippen molar-refractivity contribution in [2.24, 2.45) is 7.05 Å². The van der Waals surface area contributed by atoms with Crippen LogP contribution in [0.1, 0.15) is 0 Å². The van der Waals surface area contributed by atoms with Gasteiger partial charge in [-0.1, -0.05) is 0 Å². The fraction of sp³-hybridized carbons (Fsp3) is 0.368. The van der Waals surface area contributed by atoms with Crippen LogP contribution in [0.3, 0.4) is 0 Å². The molecule has 0 saturated heterocycles. The number of hydrogen-bond donors (Lipinski definition) is 0. The number of anilines is 2. The van der Waals surface area contributed by atoms with Crippen molar-refractivity contribution in [3.63, 3.8) is 0 Å². The van der Waals surface area contributed by atoms with E-state index in [1.807, 2.05) is 17.0 Å². The molecular weight excluding hydrogens is 394 g/mol. The molecule has 0 spiro atoms. The fourth-order valence-electron chi connectivity index (χ4n) is 3.65. The Morgan fingerprint density at radius 1 is 1.13 bits per heavy atom. The number of carbonyl (C=O) groups excluding carboxylic acids is 1. The van der Waals surface area contributed by atoms with Crippen molar-refractivity contribution in [1.82, 2.24) is 18.7 Å². The first-order chi connectivity index (χ1) is 14.4. The maximum Gasteiger partial charge on any atom is 0.333 e. The Hall–Kier alpha value is -3.76. The van der Waals surface area contributed by atoms with Gasteiger partial charge < -0.3 is 23.7 Å². The summed E-state index contributed by atoms with van der Waals surface area (Å²) in [6.07, 6.45) is 0. The van der Waals surface area contributed by atoms with E-state index in [4.69, 9.17) is 9.47 Å². The summed E-state index contributed by atoms with van der Waals surface area (Å²) in [5, 5.41) is 0. The molecule has 1 aliphatic rings. The second-order valence-corrected chi connectivity index (χ2v) is 6.73. The van der Waals surface area contributed by atoms with Crippen molar-refractivity contribution < 1.29 is 19.0 Å². The second-order valence-electron chi connectivity index (χ2n) is 6.73. The van der Waals surface area contributed by atoms with Crippen molar-refractivity contribution in [2.45, 2.75) is 13.1 Å². The molecule has 0 bridgehead atoms. The molecule has 4 rings (SSSR count). The maximum absolute atomic E-state index is 13.0. The van der Waals surface area contributed by atoms with Gasteiger partial charge in [0.15, 0.2) is 11.2 Å². The van der Waals surface area contributed by atoms with Gasteiger partial charge in [0.2, 0.25) is 5.95 Å². The van der Waals surface area contributed by atoms with Gasteiger partial charge in [0.05, 0.1) is 27.0 Å². The predicted molar refractivity (Wildman–Crippen MR) is 108 cm³/mol. The summed E-state index contributed by atoms with van der Waals surface area (Å²) in [5.41, 5.74) is 0.0422. The van der Waals surface area contributed by atoms with Crippen LogP contribution in [0.4, 0.5) is 11.6 Å². The van der Waals surface area contributed by atoms with E-state index in [9.17, 15) is 14.4 Å². The molecule has 0 unspecified atom stereocenters. The van der Waals surface area contributed by atoms with Gasteiger partial charge in [0.1, 0.15) is 18.0 Å². The van der Waals surface area contributed by atoms with Gasteiger partial charge in [-0.25, -0.2) is 9.36 Å². The van der Waals surface area contributed by atoms with Crippen LogP contribution in [0, 0.1) is 0 Å². The van der Waals surface area contributed by atoms with E-state index in [2.05, 4.69) is 9.72 Å². The van der Waals surface area contributed by atoms with Crippen molar-refractivity contribution >= 4 is 28.8 Å². The molecule has 0 amide bonds. The van der Waals surface area contributed by atoms with Crippen LogP contribution in [0.2, 0.25) is 0 Å². The number of hydrogen-bond acceptors (Lipinski definition) is 8. The summed E-state index contributed by atoms with van der Waals surface area (Å²) in [4.78, 5) is 43.8. The Labute approximate surface area is 170 Å². The number of ether oxygens (including phenoxy) is 3. The zero-order valence-electron chi connectivity index (χ0n) is 17.0. The number of benzene rings is 1. The molecule has 2 aromatic heterocycles. The van der Waals surface area contributed by atoms with Gasteiger partial charge in [-0.15, -0.1) is 0 Å². The van der Waals surface area contributed by atoms with Crippen molar-refractivity contribution in [2.75, 3.05) is 32.8 Å². The number of imidazole rings is 1. The van der Waals surface area contributed by atoms with Crippen molar-refractivity contribution in [3.8, 4) is 11.5 Å². The highest BCUT2D eigenvalue weighted by molar-refractivity contribution is 5.79. The molecule has 0 radical (unpaired) electrons. The Kier molecular flexibility index (Phi) is 4.72. The van der Waals surface area contributed by atoms with Crippen LogP contribution < -0.4 is 25.6 Å². The monoisotopic (exact) mass is 415 g/mol. The Morgan fingerprint density at radius 2 is 1.90 bits per heavy atom. The summed E-state index contributed by atoms with van der Waals surface area (Å²) >= 11 is 0. The number of methoxy groups -OCH3 is 3. The molecule has 158 valence electrons. The number of aryl methyl sites for hydroxylation is 1. The molecule has 0 saturated carbocycles. The Balaban J connectivity index is 1.90. The minimum Gasteiger partial charge on any atom is -0.497 e. The topological polar surface area (TPSA) is 110 Å². The van der Waals surface area contributed by atoms with E-state index in [0.29, 0.717) is 30.5 Å². The molecule has 3 heterocycles. The van der Waals surface area contributed by atoms with Crippen LogP contribution in [-0.4, -0.2) is 52.5 Å². The summed E-state index contributed by atoms with van der Waals surface area (Å²) in [6, 6.07) is 5.42. The molecule has 0 aliphatic carbocycles. The number of fused-ring (bicyclic) bond motifs is 3. The smallest absolute Gasteiger partial charge is 0.333 e. The molecule has 0 atom stereocenters. The van der Waals surface area contributed by atoms with E-state index in [0.717, 1.165) is 10.3 Å². The quantitative estimate of drug-likeness (QED) is 0.545. The van der Waals surface area contributed by atoms with E-state index >= 15 is 0 Å². The third kappa shape index (κ3) is 2.81. The highest BCUT2D eigenvalue weighted by Crippen LogP contribution is 2.39. The molecule has 3 aromatic rings. The van der Waals surface area contributed by atoms with Crippen LogP contribution in [0.15, 0.2) is 27.8 Å². The highest BCUT2D eigenvalue weighted by atomic mass is 16.5. The van der Waals surface area contributed by atoms with Gasteiger partial charge in [-0.05, 0) is 12.1 Å². The highest BCUT2D eigenvalue weighted by Gasteiger charge is 2.30.